The summed E-state index contributed by atoms with van der Waals surface area (Å²) in [5.41, 5.74) is 0.578. The fraction of sp³-hybridized carbons (Fsp3) is 0.588. The number of rotatable bonds is 5. The summed E-state index contributed by atoms with van der Waals surface area (Å²) in [4.78, 5) is 22.6. The molecule has 140 valence electrons. The summed E-state index contributed by atoms with van der Waals surface area (Å²) in [6, 6.07) is 3.51. The highest BCUT2D eigenvalue weighted by Gasteiger charge is 2.24. The van der Waals surface area contributed by atoms with Gasteiger partial charge in [-0.2, -0.15) is 11.8 Å². The smallest absolute Gasteiger partial charge is 0.252 e. The highest BCUT2D eigenvalue weighted by Crippen LogP contribution is 2.24. The van der Waals surface area contributed by atoms with E-state index in [-0.39, 0.29) is 29.9 Å². The first kappa shape index (κ1) is 22.0. The van der Waals surface area contributed by atoms with Crippen molar-refractivity contribution in [2.24, 2.45) is 10.9 Å². The molecule has 0 radical (unpaired) electrons. The summed E-state index contributed by atoms with van der Waals surface area (Å²) in [5.74, 6) is 2.60. The van der Waals surface area contributed by atoms with Gasteiger partial charge in [-0.1, -0.05) is 13.8 Å². The molecule has 8 heteroatoms. The Morgan fingerprint density at radius 1 is 1.44 bits per heavy atom. The molecule has 2 N–H and O–H groups in total. The van der Waals surface area contributed by atoms with E-state index >= 15 is 0 Å². The SMILES string of the molecule is CN=C(NCCNC(=O)c1cccnc1)N1CCSC(C(C)C)C1.I. The third kappa shape index (κ3) is 7.01. The fourth-order valence-corrected chi connectivity index (χ4v) is 3.85. The van der Waals surface area contributed by atoms with E-state index in [0.29, 0.717) is 29.8 Å². The van der Waals surface area contributed by atoms with E-state index in [1.165, 1.54) is 0 Å². The van der Waals surface area contributed by atoms with E-state index in [0.717, 1.165) is 24.8 Å². The second-order valence-electron chi connectivity index (χ2n) is 6.07. The van der Waals surface area contributed by atoms with Gasteiger partial charge in [0.05, 0.1) is 5.56 Å². The van der Waals surface area contributed by atoms with Gasteiger partial charge in [0.15, 0.2) is 5.96 Å². The quantitative estimate of drug-likeness (QED) is 0.294. The van der Waals surface area contributed by atoms with Gasteiger partial charge in [-0.15, -0.1) is 24.0 Å². The Morgan fingerprint density at radius 2 is 2.20 bits per heavy atom. The average Bonchev–Trinajstić information content (AvgIpc) is 2.62. The largest absolute Gasteiger partial charge is 0.354 e. The summed E-state index contributed by atoms with van der Waals surface area (Å²) >= 11 is 2.05. The Balaban J connectivity index is 0.00000312. The highest BCUT2D eigenvalue weighted by atomic mass is 127. The predicted octanol–water partition coefficient (Wildman–Crippen LogP) is 2.08. The van der Waals surface area contributed by atoms with Crippen LogP contribution in [0.15, 0.2) is 29.5 Å². The van der Waals surface area contributed by atoms with Gasteiger partial charge in [-0.05, 0) is 18.1 Å². The van der Waals surface area contributed by atoms with Crippen molar-refractivity contribution < 1.29 is 4.79 Å². The summed E-state index contributed by atoms with van der Waals surface area (Å²) in [6.45, 7) is 7.76. The first-order valence-corrected chi connectivity index (χ1v) is 9.42. The molecule has 0 saturated carbocycles. The van der Waals surface area contributed by atoms with E-state index in [1.54, 1.807) is 24.5 Å². The number of hydrogen-bond acceptors (Lipinski definition) is 4. The van der Waals surface area contributed by atoms with E-state index in [4.69, 9.17) is 0 Å². The Hall–Kier alpha value is -1.03. The lowest BCUT2D eigenvalue weighted by Gasteiger charge is -2.36. The maximum Gasteiger partial charge on any atom is 0.252 e. The minimum atomic E-state index is -0.103. The molecule has 2 rings (SSSR count). The predicted molar refractivity (Wildman–Crippen MR) is 116 cm³/mol. The molecular weight excluding hydrogens is 449 g/mol. The number of nitrogens with one attached hydrogen (secondary N) is 2. The van der Waals surface area contributed by atoms with Gasteiger partial charge < -0.3 is 15.5 Å². The maximum atomic E-state index is 12.0. The number of carbonyl (C=O) groups is 1. The van der Waals surface area contributed by atoms with Crippen LogP contribution in [0, 0.1) is 5.92 Å². The molecule has 6 nitrogen and oxygen atoms in total. The number of carbonyl (C=O) groups excluding carboxylic acids is 1. The lowest BCUT2D eigenvalue weighted by Crippen LogP contribution is -2.50. The van der Waals surface area contributed by atoms with Crippen molar-refractivity contribution in [2.45, 2.75) is 19.1 Å². The van der Waals surface area contributed by atoms with Crippen LogP contribution in [0.25, 0.3) is 0 Å². The van der Waals surface area contributed by atoms with Crippen molar-refractivity contribution in [2.75, 3.05) is 39.0 Å². The molecule has 1 unspecified atom stereocenters. The van der Waals surface area contributed by atoms with E-state index in [2.05, 4.69) is 39.4 Å². The topological polar surface area (TPSA) is 69.6 Å². The van der Waals surface area contributed by atoms with Crippen molar-refractivity contribution in [1.29, 1.82) is 0 Å². The average molecular weight is 477 g/mol. The van der Waals surface area contributed by atoms with Gasteiger partial charge in [0.25, 0.3) is 5.91 Å². The van der Waals surface area contributed by atoms with E-state index < -0.39 is 0 Å². The summed E-state index contributed by atoms with van der Waals surface area (Å²) in [6.07, 6.45) is 3.22. The molecule has 0 aliphatic carbocycles. The Labute approximate surface area is 171 Å². The monoisotopic (exact) mass is 477 g/mol. The lowest BCUT2D eigenvalue weighted by atomic mass is 10.1. The second kappa shape index (κ2) is 11.6. The van der Waals surface area contributed by atoms with Gasteiger partial charge >= 0.3 is 0 Å². The molecule has 1 aromatic heterocycles. The minimum absolute atomic E-state index is 0. The van der Waals surface area contributed by atoms with Crippen LogP contribution in [0.1, 0.15) is 24.2 Å². The van der Waals surface area contributed by atoms with Gasteiger partial charge in [-0.25, -0.2) is 0 Å². The van der Waals surface area contributed by atoms with Gasteiger partial charge in [0.1, 0.15) is 0 Å². The standard InChI is InChI=1S/C17H27N5OS.HI/c1-13(2)15-12-22(9-10-24-15)17(18-3)21-8-7-20-16(23)14-5-4-6-19-11-14;/h4-6,11,13,15H,7-10,12H2,1-3H3,(H,18,21)(H,20,23);1H. The molecule has 1 amide bonds. The minimum Gasteiger partial charge on any atom is -0.354 e. The number of aromatic nitrogens is 1. The van der Waals surface area contributed by atoms with Gasteiger partial charge in [0.2, 0.25) is 0 Å². The molecule has 25 heavy (non-hydrogen) atoms. The Bertz CT molecular complexity index is 555. The number of thioether (sulfide) groups is 1. The van der Waals surface area contributed by atoms with Crippen molar-refractivity contribution in [3.8, 4) is 0 Å². The Kier molecular flexibility index (Phi) is 10.2. The number of aliphatic imine (C=N–C) groups is 1. The number of hydrogen-bond donors (Lipinski definition) is 2. The normalized spacial score (nSPS) is 17.8. The molecule has 1 atom stereocenters. The van der Waals surface area contributed by atoms with Crippen LogP contribution in [-0.2, 0) is 0 Å². The first-order chi connectivity index (χ1) is 11.6. The van der Waals surface area contributed by atoms with Crippen LogP contribution in [0.3, 0.4) is 0 Å². The molecule has 1 aliphatic rings. The molecule has 0 spiro atoms. The summed E-state index contributed by atoms with van der Waals surface area (Å²) < 4.78 is 0. The number of halogens is 1. The first-order valence-electron chi connectivity index (χ1n) is 8.37. The number of nitrogens with zero attached hydrogens (tertiary/aromatic N) is 3. The lowest BCUT2D eigenvalue weighted by molar-refractivity contribution is 0.0954. The zero-order valence-corrected chi connectivity index (χ0v) is 18.2. The van der Waals surface area contributed by atoms with E-state index in [1.807, 2.05) is 18.8 Å². The molecule has 1 fully saturated rings. The molecule has 0 bridgehead atoms. The van der Waals surface area contributed by atoms with Crippen LogP contribution < -0.4 is 10.6 Å². The van der Waals surface area contributed by atoms with Crippen LogP contribution in [0.4, 0.5) is 0 Å². The molecule has 1 aliphatic heterocycles. The summed E-state index contributed by atoms with van der Waals surface area (Å²) in [5, 5.41) is 6.87. The molecule has 1 saturated heterocycles. The zero-order valence-electron chi connectivity index (χ0n) is 15.1. The number of amides is 1. The second-order valence-corrected chi connectivity index (χ2v) is 7.42. The molecular formula is C17H28IN5OS. The van der Waals surface area contributed by atoms with Crippen molar-refractivity contribution in [3.63, 3.8) is 0 Å². The van der Waals surface area contributed by atoms with Crippen molar-refractivity contribution in [1.82, 2.24) is 20.5 Å². The fourth-order valence-electron chi connectivity index (χ4n) is 2.55. The van der Waals surface area contributed by atoms with Gasteiger partial charge in [-0.3, -0.25) is 14.8 Å². The van der Waals surface area contributed by atoms with Crippen molar-refractivity contribution >= 4 is 47.6 Å². The zero-order chi connectivity index (χ0) is 17.4. The number of pyridine rings is 1. The molecule has 2 heterocycles. The summed E-state index contributed by atoms with van der Waals surface area (Å²) in [7, 11) is 1.81. The van der Waals surface area contributed by atoms with Crippen LogP contribution in [-0.4, -0.2) is 66.0 Å². The van der Waals surface area contributed by atoms with Crippen LogP contribution in [0.2, 0.25) is 0 Å². The highest BCUT2D eigenvalue weighted by molar-refractivity contribution is 14.0. The molecule has 0 aromatic carbocycles. The Morgan fingerprint density at radius 3 is 2.84 bits per heavy atom. The van der Waals surface area contributed by atoms with Crippen molar-refractivity contribution in [3.05, 3.63) is 30.1 Å². The third-order valence-corrected chi connectivity index (χ3v) is 5.51. The third-order valence-electron chi connectivity index (χ3n) is 3.97. The molecule has 1 aromatic rings. The van der Waals surface area contributed by atoms with Crippen LogP contribution in [0.5, 0.6) is 0 Å². The van der Waals surface area contributed by atoms with E-state index in [9.17, 15) is 4.79 Å². The van der Waals surface area contributed by atoms with Gasteiger partial charge in [0, 0.05) is 56.6 Å². The maximum absolute atomic E-state index is 12.0. The van der Waals surface area contributed by atoms with Crippen LogP contribution >= 0.6 is 35.7 Å². The number of guanidine groups is 1.